The van der Waals surface area contributed by atoms with Gasteiger partial charge < -0.3 is 4.57 Å². The zero-order valence-electron chi connectivity index (χ0n) is 21.7. The van der Waals surface area contributed by atoms with Gasteiger partial charge in [-0.3, -0.25) is 0 Å². The lowest BCUT2D eigenvalue weighted by atomic mass is 10.1. The minimum absolute atomic E-state index is 0.936. The van der Waals surface area contributed by atoms with Gasteiger partial charge in [0.15, 0.2) is 7.14 Å². The highest BCUT2D eigenvalue weighted by Gasteiger charge is 2.36. The molecule has 5 heteroatoms. The van der Waals surface area contributed by atoms with Crippen LogP contribution in [0.1, 0.15) is 0 Å². The molecular weight excluding hydrogens is 576 g/mol. The summed E-state index contributed by atoms with van der Waals surface area (Å²) in [5.41, 5.74) is 0. The van der Waals surface area contributed by atoms with Crippen molar-refractivity contribution in [2.75, 3.05) is 0 Å². The van der Waals surface area contributed by atoms with Crippen molar-refractivity contribution in [1.29, 1.82) is 0 Å². The van der Waals surface area contributed by atoms with Crippen molar-refractivity contribution >= 4 is 118 Å². The predicted molar refractivity (Wildman–Crippen MR) is 185 cm³/mol. The Hall–Kier alpha value is -3.79. The second-order valence-electron chi connectivity index (χ2n) is 10.4. The Kier molecular flexibility index (Phi) is 5.15. The van der Waals surface area contributed by atoms with Gasteiger partial charge in [0, 0.05) is 76.4 Å². The summed E-state index contributed by atoms with van der Waals surface area (Å²) in [6.07, 6.45) is 0. The second-order valence-corrected chi connectivity index (χ2v) is 16.2. The van der Waals surface area contributed by atoms with Crippen molar-refractivity contribution in [3.8, 4) is 0 Å². The van der Waals surface area contributed by atoms with Gasteiger partial charge in [-0.05, 0) is 36.4 Å². The molecule has 0 radical (unpaired) electrons. The topological polar surface area (TPSA) is 17.1 Å². The van der Waals surface area contributed by atoms with E-state index < -0.39 is 7.14 Å². The van der Waals surface area contributed by atoms with Crippen molar-refractivity contribution < 1.29 is 4.57 Å². The molecule has 0 saturated carbocycles. The average molecular weight is 597 g/mol. The summed E-state index contributed by atoms with van der Waals surface area (Å²) < 4.78 is 23.5. The first kappa shape index (κ1) is 23.9. The quantitative estimate of drug-likeness (QED) is 0.186. The van der Waals surface area contributed by atoms with E-state index in [0.717, 1.165) is 30.0 Å². The molecule has 0 unspecified atom stereocenters. The summed E-state index contributed by atoms with van der Waals surface area (Å²) in [6, 6.07) is 44.8. The molecular formula is C36H21OPS3. The number of fused-ring (bicyclic) bond motifs is 9. The SMILES string of the molecule is O=P(c1cccc2c1sc1ccccc12)(c1cccc2c1sc1ccccc12)c1cccc2c1sc1ccccc12. The maximum atomic E-state index is 16.5. The maximum Gasteiger partial charge on any atom is 0.175 e. The van der Waals surface area contributed by atoms with Gasteiger partial charge in [0.2, 0.25) is 0 Å². The van der Waals surface area contributed by atoms with E-state index in [0.29, 0.717) is 0 Å². The Morgan fingerprint density at radius 3 is 0.976 bits per heavy atom. The zero-order valence-corrected chi connectivity index (χ0v) is 25.0. The van der Waals surface area contributed by atoms with Gasteiger partial charge in [0.1, 0.15) is 0 Å². The van der Waals surface area contributed by atoms with Crippen LogP contribution in [0, 0.1) is 0 Å². The van der Waals surface area contributed by atoms with E-state index in [-0.39, 0.29) is 0 Å². The summed E-state index contributed by atoms with van der Waals surface area (Å²) in [5, 5.41) is 10.0. The number of hydrogen-bond donors (Lipinski definition) is 0. The van der Waals surface area contributed by atoms with Crippen LogP contribution in [0.4, 0.5) is 0 Å². The monoisotopic (exact) mass is 596 g/mol. The van der Waals surface area contributed by atoms with Crippen LogP contribution < -0.4 is 15.9 Å². The molecule has 0 N–H and O–H groups in total. The fourth-order valence-electron chi connectivity index (χ4n) is 6.33. The molecule has 0 amide bonds. The number of hydrogen-bond acceptors (Lipinski definition) is 4. The highest BCUT2D eigenvalue weighted by Crippen LogP contribution is 2.52. The van der Waals surface area contributed by atoms with Gasteiger partial charge in [0.05, 0.1) is 0 Å². The molecule has 6 aromatic carbocycles. The standard InChI is InChI=1S/C36H21OPS3/c37-38(28-16-7-13-25-22-10-1-4-19-31(22)39-34(25)28,29-17-8-14-26-23-11-2-5-20-32(23)40-35(26)29)30-18-9-15-27-24-12-3-6-21-33(24)41-36(27)30/h1-21H. The van der Waals surface area contributed by atoms with Crippen molar-refractivity contribution in [2.45, 2.75) is 0 Å². The molecule has 0 aliphatic heterocycles. The smallest absolute Gasteiger partial charge is 0.175 e. The Balaban J connectivity index is 1.48. The second kappa shape index (κ2) is 8.85. The first-order chi connectivity index (χ1) is 20.2. The van der Waals surface area contributed by atoms with E-state index in [1.165, 1.54) is 46.4 Å². The molecule has 0 aliphatic rings. The van der Waals surface area contributed by atoms with Gasteiger partial charge in [0.25, 0.3) is 0 Å². The molecule has 3 heterocycles. The minimum atomic E-state index is -3.35. The number of rotatable bonds is 3. The van der Waals surface area contributed by atoms with Crippen molar-refractivity contribution in [1.82, 2.24) is 0 Å². The molecule has 1 nitrogen and oxygen atoms in total. The normalized spacial score (nSPS) is 12.5. The molecule has 0 saturated heterocycles. The van der Waals surface area contributed by atoms with Crippen LogP contribution in [0.3, 0.4) is 0 Å². The summed E-state index contributed by atoms with van der Waals surface area (Å²) >= 11 is 5.28. The van der Waals surface area contributed by atoms with Gasteiger partial charge >= 0.3 is 0 Å². The van der Waals surface area contributed by atoms with Gasteiger partial charge in [-0.1, -0.05) is 91.0 Å². The van der Waals surface area contributed by atoms with E-state index in [4.69, 9.17) is 0 Å². The third-order valence-corrected chi connectivity index (χ3v) is 15.4. The lowest BCUT2D eigenvalue weighted by Gasteiger charge is -2.22. The highest BCUT2D eigenvalue weighted by molar-refractivity contribution is 7.87. The van der Waals surface area contributed by atoms with E-state index in [9.17, 15) is 0 Å². The summed E-state index contributed by atoms with van der Waals surface area (Å²) in [6.45, 7) is 0. The summed E-state index contributed by atoms with van der Waals surface area (Å²) in [7, 11) is -3.35. The third kappa shape index (κ3) is 3.31. The average Bonchev–Trinajstić information content (AvgIpc) is 3.71. The molecule has 0 fully saturated rings. The Morgan fingerprint density at radius 2 is 0.634 bits per heavy atom. The van der Waals surface area contributed by atoms with Gasteiger partial charge in [-0.2, -0.15) is 0 Å². The highest BCUT2D eigenvalue weighted by atomic mass is 32.1. The zero-order chi connectivity index (χ0) is 27.1. The van der Waals surface area contributed by atoms with Crippen LogP contribution in [-0.2, 0) is 4.57 Å². The Labute approximate surface area is 248 Å². The van der Waals surface area contributed by atoms with Crippen LogP contribution >= 0.6 is 41.2 Å². The molecule has 3 aromatic heterocycles. The number of thiophene rings is 3. The van der Waals surface area contributed by atoms with Crippen LogP contribution in [-0.4, -0.2) is 0 Å². The Bertz CT molecular complexity index is 2250. The van der Waals surface area contributed by atoms with Crippen LogP contribution in [0.15, 0.2) is 127 Å². The van der Waals surface area contributed by atoms with Crippen LogP contribution in [0.25, 0.3) is 60.5 Å². The lowest BCUT2D eigenvalue weighted by molar-refractivity contribution is 0.593. The van der Waals surface area contributed by atoms with E-state index in [1.807, 2.05) is 0 Å². The van der Waals surface area contributed by atoms with Crippen molar-refractivity contribution in [3.63, 3.8) is 0 Å². The van der Waals surface area contributed by atoms with E-state index in [1.54, 1.807) is 34.0 Å². The molecule has 0 atom stereocenters. The van der Waals surface area contributed by atoms with Crippen molar-refractivity contribution in [3.05, 3.63) is 127 Å². The molecule has 0 aliphatic carbocycles. The van der Waals surface area contributed by atoms with Crippen LogP contribution in [0.5, 0.6) is 0 Å². The summed E-state index contributed by atoms with van der Waals surface area (Å²) in [4.78, 5) is 0. The van der Waals surface area contributed by atoms with Gasteiger partial charge in [-0.25, -0.2) is 0 Å². The van der Waals surface area contributed by atoms with E-state index >= 15 is 4.57 Å². The lowest BCUT2D eigenvalue weighted by Crippen LogP contribution is -2.25. The first-order valence-corrected chi connectivity index (χ1v) is 17.7. The maximum absolute atomic E-state index is 16.5. The summed E-state index contributed by atoms with van der Waals surface area (Å²) in [5.74, 6) is 0. The Morgan fingerprint density at radius 1 is 0.341 bits per heavy atom. The molecule has 9 rings (SSSR count). The molecule has 0 bridgehead atoms. The van der Waals surface area contributed by atoms with E-state index in [2.05, 4.69) is 127 Å². The molecule has 0 spiro atoms. The third-order valence-electron chi connectivity index (χ3n) is 8.17. The fourth-order valence-corrected chi connectivity index (χ4v) is 14.1. The van der Waals surface area contributed by atoms with Gasteiger partial charge in [-0.15, -0.1) is 34.0 Å². The minimum Gasteiger partial charge on any atom is -0.308 e. The predicted octanol–water partition coefficient (Wildman–Crippen LogP) is 10.4. The molecule has 9 aromatic rings. The van der Waals surface area contributed by atoms with Crippen LogP contribution in [0.2, 0.25) is 0 Å². The fraction of sp³-hybridized carbons (Fsp3) is 0. The largest absolute Gasteiger partial charge is 0.308 e. The van der Waals surface area contributed by atoms with Crippen molar-refractivity contribution in [2.24, 2.45) is 0 Å². The molecule has 194 valence electrons. The number of benzene rings is 6. The molecule has 41 heavy (non-hydrogen) atoms. The first-order valence-electron chi connectivity index (χ1n) is 13.5.